The number of halogens is 2. The van der Waals surface area contributed by atoms with Gasteiger partial charge in [-0.15, -0.1) is 0 Å². The largest absolute Gasteiger partial charge is 0.322 e. The second-order valence-corrected chi connectivity index (χ2v) is 2.20. The van der Waals surface area contributed by atoms with E-state index >= 15 is 0 Å². The number of amides is 1. The third kappa shape index (κ3) is 3.96. The molecule has 4 heteroatoms. The van der Waals surface area contributed by atoms with Gasteiger partial charge in [0.05, 0.1) is 0 Å². The van der Waals surface area contributed by atoms with Gasteiger partial charge in [-0.3, -0.25) is 4.79 Å². The van der Waals surface area contributed by atoms with Crippen molar-refractivity contribution in [1.29, 1.82) is 0 Å². The van der Waals surface area contributed by atoms with Crippen LogP contribution in [0.4, 0.5) is 0 Å². The SMILES string of the molecule is CN(C=O)C=C(Cl)Cl. The summed E-state index contributed by atoms with van der Waals surface area (Å²) in [7, 11) is 1.54. The Morgan fingerprint density at radius 2 is 2.12 bits per heavy atom. The van der Waals surface area contributed by atoms with Gasteiger partial charge < -0.3 is 4.90 Å². The maximum atomic E-state index is 9.80. The lowest BCUT2D eigenvalue weighted by atomic mass is 10.8. The number of rotatable bonds is 2. The van der Waals surface area contributed by atoms with Crippen molar-refractivity contribution >= 4 is 29.6 Å². The first-order chi connectivity index (χ1) is 3.66. The van der Waals surface area contributed by atoms with Crippen LogP contribution in [0, 0.1) is 0 Å². The number of carbonyl (C=O) groups is 1. The van der Waals surface area contributed by atoms with Crippen molar-refractivity contribution in [3.8, 4) is 0 Å². The molecule has 0 radical (unpaired) electrons. The van der Waals surface area contributed by atoms with Crippen LogP contribution in [-0.4, -0.2) is 18.4 Å². The fraction of sp³-hybridized carbons (Fsp3) is 0.250. The van der Waals surface area contributed by atoms with Gasteiger partial charge >= 0.3 is 0 Å². The number of hydrogen-bond acceptors (Lipinski definition) is 1. The highest BCUT2D eigenvalue weighted by molar-refractivity contribution is 6.55. The summed E-state index contributed by atoms with van der Waals surface area (Å²) in [6.45, 7) is 0. The Hall–Kier alpha value is -0.210. The molecule has 0 saturated carbocycles. The molecule has 0 aliphatic carbocycles. The molecule has 46 valence electrons. The van der Waals surface area contributed by atoms with E-state index in [0.29, 0.717) is 6.41 Å². The summed E-state index contributed by atoms with van der Waals surface area (Å²) in [5.74, 6) is 0. The van der Waals surface area contributed by atoms with Crippen LogP contribution in [0.15, 0.2) is 10.7 Å². The molecule has 0 aromatic heterocycles. The lowest BCUT2D eigenvalue weighted by molar-refractivity contribution is -0.114. The maximum Gasteiger partial charge on any atom is 0.213 e. The van der Waals surface area contributed by atoms with Crippen LogP contribution in [0.1, 0.15) is 0 Å². The van der Waals surface area contributed by atoms with Crippen molar-refractivity contribution in [3.05, 3.63) is 10.7 Å². The first-order valence-corrected chi connectivity index (χ1v) is 2.62. The van der Waals surface area contributed by atoms with E-state index in [1.54, 1.807) is 0 Å². The zero-order valence-electron chi connectivity index (χ0n) is 4.27. The van der Waals surface area contributed by atoms with Gasteiger partial charge in [-0.05, 0) is 0 Å². The molecule has 0 heterocycles. The topological polar surface area (TPSA) is 20.3 Å². The van der Waals surface area contributed by atoms with Crippen LogP contribution >= 0.6 is 23.2 Å². The summed E-state index contributed by atoms with van der Waals surface area (Å²) in [6.07, 6.45) is 1.90. The van der Waals surface area contributed by atoms with E-state index in [4.69, 9.17) is 23.2 Å². The average Bonchev–Trinajstić information content (AvgIpc) is 1.65. The summed E-state index contributed by atoms with van der Waals surface area (Å²) >= 11 is 10.4. The number of hydrogen-bond donors (Lipinski definition) is 0. The standard InChI is InChI=1S/C4H5Cl2NO/c1-7(3-8)2-4(5)6/h2-3H,1H3. The fourth-order valence-corrected chi connectivity index (χ4v) is 0.492. The highest BCUT2D eigenvalue weighted by atomic mass is 35.5. The van der Waals surface area contributed by atoms with E-state index in [-0.39, 0.29) is 4.49 Å². The van der Waals surface area contributed by atoms with E-state index in [0.717, 1.165) is 0 Å². The van der Waals surface area contributed by atoms with Crippen LogP contribution in [0.2, 0.25) is 0 Å². The molecule has 0 atom stereocenters. The van der Waals surface area contributed by atoms with Gasteiger partial charge in [0.15, 0.2) is 0 Å². The second-order valence-electron chi connectivity index (χ2n) is 1.19. The first-order valence-electron chi connectivity index (χ1n) is 1.87. The molecule has 0 aromatic rings. The van der Waals surface area contributed by atoms with Gasteiger partial charge in [-0.2, -0.15) is 0 Å². The van der Waals surface area contributed by atoms with Gasteiger partial charge in [0.2, 0.25) is 6.41 Å². The first kappa shape index (κ1) is 7.79. The summed E-state index contributed by atoms with van der Waals surface area (Å²) < 4.78 is 0.0691. The van der Waals surface area contributed by atoms with E-state index in [1.807, 2.05) is 0 Å². The van der Waals surface area contributed by atoms with Crippen molar-refractivity contribution < 1.29 is 4.79 Å². The normalized spacial score (nSPS) is 7.88. The van der Waals surface area contributed by atoms with Crippen LogP contribution in [-0.2, 0) is 4.79 Å². The molecule has 2 nitrogen and oxygen atoms in total. The van der Waals surface area contributed by atoms with Gasteiger partial charge in [-0.25, -0.2) is 0 Å². The lowest BCUT2D eigenvalue weighted by Crippen LogP contribution is -2.05. The highest BCUT2D eigenvalue weighted by Crippen LogP contribution is 2.05. The van der Waals surface area contributed by atoms with Crippen LogP contribution in [0.5, 0.6) is 0 Å². The number of nitrogens with zero attached hydrogens (tertiary/aromatic N) is 1. The Balaban J connectivity index is 3.68. The van der Waals surface area contributed by atoms with Crippen LogP contribution in [0.3, 0.4) is 0 Å². The predicted octanol–water partition coefficient (Wildman–Crippen LogP) is 1.35. The van der Waals surface area contributed by atoms with E-state index in [1.165, 1.54) is 18.1 Å². The molecule has 0 spiro atoms. The Kier molecular flexibility index (Phi) is 3.65. The van der Waals surface area contributed by atoms with Crippen molar-refractivity contribution in [2.45, 2.75) is 0 Å². The smallest absolute Gasteiger partial charge is 0.213 e. The van der Waals surface area contributed by atoms with Crippen LogP contribution < -0.4 is 0 Å². The zero-order chi connectivity index (χ0) is 6.57. The van der Waals surface area contributed by atoms with Gasteiger partial charge in [0.25, 0.3) is 0 Å². The molecule has 0 aromatic carbocycles. The Morgan fingerprint density at radius 3 is 2.25 bits per heavy atom. The van der Waals surface area contributed by atoms with Crippen molar-refractivity contribution in [2.24, 2.45) is 0 Å². The Morgan fingerprint density at radius 1 is 1.62 bits per heavy atom. The monoisotopic (exact) mass is 153 g/mol. The second kappa shape index (κ2) is 3.75. The molecule has 0 aliphatic rings. The van der Waals surface area contributed by atoms with Gasteiger partial charge in [0.1, 0.15) is 4.49 Å². The van der Waals surface area contributed by atoms with Gasteiger partial charge in [0, 0.05) is 13.2 Å². The van der Waals surface area contributed by atoms with E-state index in [9.17, 15) is 4.79 Å². The molecule has 0 N–H and O–H groups in total. The average molecular weight is 154 g/mol. The van der Waals surface area contributed by atoms with Crippen molar-refractivity contribution in [1.82, 2.24) is 4.90 Å². The molecule has 0 rings (SSSR count). The quantitative estimate of drug-likeness (QED) is 0.549. The Labute approximate surface area is 57.7 Å². The lowest BCUT2D eigenvalue weighted by Gasteiger charge is -1.99. The molecule has 8 heavy (non-hydrogen) atoms. The Bertz CT molecular complexity index is 109. The summed E-state index contributed by atoms with van der Waals surface area (Å²) in [6, 6.07) is 0. The third-order valence-electron chi connectivity index (χ3n) is 0.467. The summed E-state index contributed by atoms with van der Waals surface area (Å²) in [4.78, 5) is 11.0. The molecule has 0 unspecified atom stereocenters. The third-order valence-corrected chi connectivity index (χ3v) is 0.663. The minimum atomic E-state index is 0.0691. The van der Waals surface area contributed by atoms with Crippen molar-refractivity contribution in [3.63, 3.8) is 0 Å². The summed E-state index contributed by atoms with van der Waals surface area (Å²) in [5, 5.41) is 0. The van der Waals surface area contributed by atoms with Crippen LogP contribution in [0.25, 0.3) is 0 Å². The highest BCUT2D eigenvalue weighted by Gasteiger charge is 1.86. The molecular weight excluding hydrogens is 149 g/mol. The van der Waals surface area contributed by atoms with E-state index < -0.39 is 0 Å². The predicted molar refractivity (Wildman–Crippen MR) is 33.6 cm³/mol. The molecule has 0 saturated heterocycles. The molecule has 0 aliphatic heterocycles. The van der Waals surface area contributed by atoms with E-state index in [2.05, 4.69) is 0 Å². The summed E-state index contributed by atoms with van der Waals surface area (Å²) in [5.41, 5.74) is 0. The molecule has 0 bridgehead atoms. The molecular formula is C4H5Cl2NO. The number of carbonyl (C=O) groups excluding carboxylic acids is 1. The minimum absolute atomic E-state index is 0.0691. The molecule has 0 fully saturated rings. The maximum absolute atomic E-state index is 9.80. The molecule has 1 amide bonds. The minimum Gasteiger partial charge on any atom is -0.322 e. The zero-order valence-corrected chi connectivity index (χ0v) is 5.78. The van der Waals surface area contributed by atoms with Gasteiger partial charge in [-0.1, -0.05) is 23.2 Å². The van der Waals surface area contributed by atoms with Crippen molar-refractivity contribution in [2.75, 3.05) is 7.05 Å². The fourth-order valence-electron chi connectivity index (χ4n) is 0.184.